The number of nitrogens with zero attached hydrogens (tertiary/aromatic N) is 1. The molecule has 4 nitrogen and oxygen atoms in total. The molecule has 1 fully saturated rings. The Balaban J connectivity index is 2.20. The number of hydrogen-bond acceptors (Lipinski definition) is 3. The SMILES string of the molecule is CN1CCC2(C1)OC(=O)Nc1ccc(Cl)c(F)c12. The van der Waals surface area contributed by atoms with E-state index < -0.39 is 17.5 Å². The molecule has 1 amide bonds. The van der Waals surface area contributed by atoms with Gasteiger partial charge in [-0.25, -0.2) is 9.18 Å². The molecule has 1 saturated heterocycles. The van der Waals surface area contributed by atoms with Gasteiger partial charge in [-0.15, -0.1) is 0 Å². The molecule has 1 unspecified atom stereocenters. The number of hydrogen-bond donors (Lipinski definition) is 1. The number of halogens is 2. The molecule has 1 aromatic carbocycles. The lowest BCUT2D eigenvalue weighted by molar-refractivity contribution is 0.0181. The number of ether oxygens (including phenoxy) is 1. The van der Waals surface area contributed by atoms with Crippen molar-refractivity contribution in [2.24, 2.45) is 0 Å². The van der Waals surface area contributed by atoms with E-state index in [0.29, 0.717) is 24.2 Å². The molecule has 2 aliphatic rings. The number of carbonyl (C=O) groups excluding carboxylic acids is 1. The van der Waals surface area contributed by atoms with E-state index in [0.717, 1.165) is 6.54 Å². The zero-order valence-electron chi connectivity index (χ0n) is 9.80. The van der Waals surface area contributed by atoms with E-state index in [1.54, 1.807) is 6.07 Å². The summed E-state index contributed by atoms with van der Waals surface area (Å²) in [4.78, 5) is 13.6. The summed E-state index contributed by atoms with van der Waals surface area (Å²) in [6, 6.07) is 3.05. The second-order valence-electron chi connectivity index (χ2n) is 4.78. The summed E-state index contributed by atoms with van der Waals surface area (Å²) in [5.41, 5.74) is -0.107. The van der Waals surface area contributed by atoms with Gasteiger partial charge in [-0.3, -0.25) is 5.32 Å². The van der Waals surface area contributed by atoms with Crippen LogP contribution in [0.3, 0.4) is 0 Å². The van der Waals surface area contributed by atoms with Crippen molar-refractivity contribution < 1.29 is 13.9 Å². The summed E-state index contributed by atoms with van der Waals surface area (Å²) in [7, 11) is 1.91. The number of nitrogens with one attached hydrogen (secondary N) is 1. The van der Waals surface area contributed by atoms with Crippen molar-refractivity contribution in [1.29, 1.82) is 0 Å². The summed E-state index contributed by atoms with van der Waals surface area (Å²) in [5.74, 6) is -0.510. The van der Waals surface area contributed by atoms with Gasteiger partial charge in [0.2, 0.25) is 0 Å². The van der Waals surface area contributed by atoms with Crippen LogP contribution in [0, 0.1) is 5.82 Å². The minimum Gasteiger partial charge on any atom is -0.436 e. The average molecular weight is 271 g/mol. The van der Waals surface area contributed by atoms with Crippen molar-refractivity contribution in [3.05, 3.63) is 28.5 Å². The second-order valence-corrected chi connectivity index (χ2v) is 5.19. The maximum atomic E-state index is 14.3. The van der Waals surface area contributed by atoms with Crippen LogP contribution in [0.1, 0.15) is 12.0 Å². The number of benzene rings is 1. The fraction of sp³-hybridized carbons (Fsp3) is 0.417. The van der Waals surface area contributed by atoms with Gasteiger partial charge in [-0.05, 0) is 19.2 Å². The summed E-state index contributed by atoms with van der Waals surface area (Å²) >= 11 is 5.82. The van der Waals surface area contributed by atoms with Gasteiger partial charge in [-0.1, -0.05) is 11.6 Å². The summed E-state index contributed by atoms with van der Waals surface area (Å²) < 4.78 is 19.6. The maximum Gasteiger partial charge on any atom is 0.412 e. The first kappa shape index (κ1) is 11.7. The van der Waals surface area contributed by atoms with Gasteiger partial charge in [0.05, 0.1) is 16.3 Å². The molecule has 0 saturated carbocycles. The van der Waals surface area contributed by atoms with Crippen molar-refractivity contribution in [3.8, 4) is 0 Å². The molecule has 1 spiro atoms. The van der Waals surface area contributed by atoms with Gasteiger partial charge in [0.25, 0.3) is 0 Å². The molecule has 0 radical (unpaired) electrons. The number of amides is 1. The minimum absolute atomic E-state index is 0.0439. The molecule has 96 valence electrons. The van der Waals surface area contributed by atoms with Crippen LogP contribution in [0.5, 0.6) is 0 Å². The van der Waals surface area contributed by atoms with Crippen LogP contribution < -0.4 is 5.32 Å². The molecule has 1 aromatic rings. The average Bonchev–Trinajstić information content (AvgIpc) is 2.65. The molecular formula is C12H12ClFN2O2. The molecule has 1 atom stereocenters. The van der Waals surface area contributed by atoms with Gasteiger partial charge >= 0.3 is 6.09 Å². The van der Waals surface area contributed by atoms with Crippen LogP contribution in [-0.4, -0.2) is 31.1 Å². The Hall–Kier alpha value is -1.33. The van der Waals surface area contributed by atoms with Gasteiger partial charge < -0.3 is 9.64 Å². The van der Waals surface area contributed by atoms with Gasteiger partial charge in [-0.2, -0.15) is 0 Å². The number of anilines is 1. The van der Waals surface area contributed by atoms with Gasteiger partial charge in [0.1, 0.15) is 0 Å². The van der Waals surface area contributed by atoms with Crippen LogP contribution in [0.4, 0.5) is 14.9 Å². The molecule has 0 aliphatic carbocycles. The van der Waals surface area contributed by atoms with E-state index in [1.807, 2.05) is 11.9 Å². The number of fused-ring (bicyclic) bond motifs is 2. The molecule has 1 N–H and O–H groups in total. The summed E-state index contributed by atoms with van der Waals surface area (Å²) in [6.07, 6.45) is 0.0285. The highest BCUT2D eigenvalue weighted by Gasteiger charge is 2.48. The highest BCUT2D eigenvalue weighted by Crippen LogP contribution is 2.45. The first-order valence-corrected chi connectivity index (χ1v) is 6.07. The summed E-state index contributed by atoms with van der Waals surface area (Å²) in [6.45, 7) is 1.23. The zero-order valence-corrected chi connectivity index (χ0v) is 10.6. The minimum atomic E-state index is -0.915. The third kappa shape index (κ3) is 1.58. The molecule has 6 heteroatoms. The Bertz CT molecular complexity index is 537. The van der Waals surface area contributed by atoms with Crippen molar-refractivity contribution in [2.75, 3.05) is 25.5 Å². The quantitative estimate of drug-likeness (QED) is 0.788. The Morgan fingerprint density at radius 3 is 3.00 bits per heavy atom. The van der Waals surface area contributed by atoms with Crippen LogP contribution >= 0.6 is 11.6 Å². The second kappa shape index (κ2) is 3.83. The molecular weight excluding hydrogens is 259 g/mol. The van der Waals surface area contributed by atoms with Crippen molar-refractivity contribution in [2.45, 2.75) is 12.0 Å². The predicted octanol–water partition coefficient (Wildman–Crippen LogP) is 2.57. The molecule has 0 bridgehead atoms. The number of likely N-dealkylation sites (tertiary alicyclic amines) is 1. The number of likely N-dealkylation sites (N-methyl/N-ethyl adjacent to an activating group) is 1. The van der Waals surface area contributed by atoms with Crippen molar-refractivity contribution >= 4 is 23.4 Å². The van der Waals surface area contributed by atoms with Crippen LogP contribution in [0.15, 0.2) is 12.1 Å². The van der Waals surface area contributed by atoms with Crippen LogP contribution in [0.2, 0.25) is 5.02 Å². The Kier molecular flexibility index (Phi) is 2.50. The molecule has 3 rings (SSSR count). The van der Waals surface area contributed by atoms with E-state index in [-0.39, 0.29) is 5.02 Å². The van der Waals surface area contributed by atoms with Crippen LogP contribution in [0.25, 0.3) is 0 Å². The fourth-order valence-electron chi connectivity index (χ4n) is 2.72. The monoisotopic (exact) mass is 270 g/mol. The first-order chi connectivity index (χ1) is 8.52. The molecule has 18 heavy (non-hydrogen) atoms. The number of carbonyl (C=O) groups is 1. The van der Waals surface area contributed by atoms with E-state index >= 15 is 0 Å². The van der Waals surface area contributed by atoms with Gasteiger partial charge in [0, 0.05) is 19.5 Å². The summed E-state index contributed by atoms with van der Waals surface area (Å²) in [5, 5.41) is 2.56. The van der Waals surface area contributed by atoms with E-state index in [1.165, 1.54) is 6.07 Å². The lowest BCUT2D eigenvalue weighted by atomic mass is 9.89. The van der Waals surface area contributed by atoms with Crippen molar-refractivity contribution in [1.82, 2.24) is 4.90 Å². The fourth-order valence-corrected chi connectivity index (χ4v) is 2.87. The van der Waals surface area contributed by atoms with E-state index in [9.17, 15) is 9.18 Å². The highest BCUT2D eigenvalue weighted by atomic mass is 35.5. The third-order valence-electron chi connectivity index (χ3n) is 3.50. The van der Waals surface area contributed by atoms with Gasteiger partial charge in [0.15, 0.2) is 11.4 Å². The lowest BCUT2D eigenvalue weighted by Gasteiger charge is -2.35. The lowest BCUT2D eigenvalue weighted by Crippen LogP contribution is -2.42. The first-order valence-electron chi connectivity index (χ1n) is 5.69. The Morgan fingerprint density at radius 2 is 2.33 bits per heavy atom. The Morgan fingerprint density at radius 1 is 1.56 bits per heavy atom. The highest BCUT2D eigenvalue weighted by molar-refractivity contribution is 6.31. The standard InChI is InChI=1S/C12H12ClFN2O2/c1-16-5-4-12(6-16)9-8(15-11(17)18-12)3-2-7(13)10(9)14/h2-3H,4-6H2,1H3,(H,15,17). The molecule has 0 aromatic heterocycles. The molecule has 2 aliphatic heterocycles. The zero-order chi connectivity index (χ0) is 12.9. The largest absolute Gasteiger partial charge is 0.436 e. The predicted molar refractivity (Wildman–Crippen MR) is 65.3 cm³/mol. The molecule has 2 heterocycles. The topological polar surface area (TPSA) is 41.6 Å². The smallest absolute Gasteiger partial charge is 0.412 e. The third-order valence-corrected chi connectivity index (χ3v) is 3.79. The normalized spacial score (nSPS) is 26.9. The van der Waals surface area contributed by atoms with Crippen LogP contribution in [-0.2, 0) is 10.3 Å². The number of rotatable bonds is 0. The van der Waals surface area contributed by atoms with E-state index in [2.05, 4.69) is 5.32 Å². The van der Waals surface area contributed by atoms with Crippen molar-refractivity contribution in [3.63, 3.8) is 0 Å². The Labute approximate surface area is 109 Å². The maximum absolute atomic E-state index is 14.3. The van der Waals surface area contributed by atoms with E-state index in [4.69, 9.17) is 16.3 Å².